The lowest BCUT2D eigenvalue weighted by Gasteiger charge is -2.04. The van der Waals surface area contributed by atoms with Gasteiger partial charge >= 0.3 is 0 Å². The number of Topliss-reactive ketones (excluding diaryl/α,β-unsaturated/α-hetero) is 1. The van der Waals surface area contributed by atoms with Crippen molar-refractivity contribution >= 4 is 17.4 Å². The Labute approximate surface area is 81.1 Å². The average Bonchev–Trinajstić information content (AvgIpc) is 2.10. The van der Waals surface area contributed by atoms with Crippen molar-refractivity contribution < 1.29 is 9.90 Å². The number of carbonyl (C=O) groups excluding carboxylic acids is 1. The minimum Gasteiger partial charge on any atom is -0.507 e. The van der Waals surface area contributed by atoms with E-state index in [0.29, 0.717) is 5.02 Å². The molecule has 0 aliphatic carbocycles. The zero-order valence-corrected chi connectivity index (χ0v) is 7.93. The van der Waals surface area contributed by atoms with Crippen LogP contribution >= 0.6 is 11.6 Å². The molecule has 0 radical (unpaired) electrons. The standard InChI is InChI=1S/C9H10ClNO2/c1-5-2-8(12)6(3-7(5)10)9(13)4-11/h2-3,12H,4,11H2,1H3. The summed E-state index contributed by atoms with van der Waals surface area (Å²) in [6, 6.07) is 2.88. The minimum absolute atomic E-state index is 0.0719. The number of aryl methyl sites for hydroxylation is 1. The molecule has 0 bridgehead atoms. The third kappa shape index (κ3) is 1.99. The summed E-state index contributed by atoms with van der Waals surface area (Å²) in [6.07, 6.45) is 0. The molecule has 70 valence electrons. The Hall–Kier alpha value is -1.06. The maximum atomic E-state index is 11.2. The Morgan fingerprint density at radius 1 is 1.62 bits per heavy atom. The lowest BCUT2D eigenvalue weighted by molar-refractivity contribution is 0.0999. The lowest BCUT2D eigenvalue weighted by Crippen LogP contribution is -2.13. The fraction of sp³-hybridized carbons (Fsp3) is 0.222. The van der Waals surface area contributed by atoms with Gasteiger partial charge in [-0.15, -0.1) is 0 Å². The van der Waals surface area contributed by atoms with E-state index in [2.05, 4.69) is 0 Å². The molecule has 0 spiro atoms. The third-order valence-electron chi connectivity index (χ3n) is 1.76. The van der Waals surface area contributed by atoms with Crippen LogP contribution in [0.25, 0.3) is 0 Å². The van der Waals surface area contributed by atoms with Crippen LogP contribution in [0.1, 0.15) is 15.9 Å². The quantitative estimate of drug-likeness (QED) is 0.710. The molecule has 0 saturated heterocycles. The second-order valence-electron chi connectivity index (χ2n) is 2.75. The van der Waals surface area contributed by atoms with Gasteiger partial charge < -0.3 is 10.8 Å². The predicted octanol–water partition coefficient (Wildman–Crippen LogP) is 1.50. The smallest absolute Gasteiger partial charge is 0.180 e. The van der Waals surface area contributed by atoms with E-state index < -0.39 is 0 Å². The Morgan fingerprint density at radius 3 is 2.77 bits per heavy atom. The average molecular weight is 200 g/mol. The van der Waals surface area contributed by atoms with Crippen LogP contribution in [0.5, 0.6) is 5.75 Å². The number of phenolic OH excluding ortho intramolecular Hbond substituents is 1. The molecule has 1 aromatic carbocycles. The highest BCUT2D eigenvalue weighted by Gasteiger charge is 2.11. The molecule has 1 aromatic rings. The van der Waals surface area contributed by atoms with Crippen molar-refractivity contribution in [2.24, 2.45) is 5.73 Å². The van der Waals surface area contributed by atoms with Gasteiger partial charge in [0.25, 0.3) is 0 Å². The van der Waals surface area contributed by atoms with Crippen LogP contribution in [0.2, 0.25) is 5.02 Å². The molecule has 0 unspecified atom stereocenters. The Morgan fingerprint density at radius 2 is 2.23 bits per heavy atom. The predicted molar refractivity (Wildman–Crippen MR) is 51.2 cm³/mol. The van der Waals surface area contributed by atoms with E-state index in [9.17, 15) is 9.90 Å². The first-order valence-corrected chi connectivity index (χ1v) is 4.16. The summed E-state index contributed by atoms with van der Waals surface area (Å²) in [5.41, 5.74) is 6.07. The molecule has 0 fully saturated rings. The van der Waals surface area contributed by atoms with Crippen molar-refractivity contribution in [3.63, 3.8) is 0 Å². The van der Waals surface area contributed by atoms with E-state index in [-0.39, 0.29) is 23.6 Å². The zero-order chi connectivity index (χ0) is 10.0. The number of nitrogens with two attached hydrogens (primary N) is 1. The van der Waals surface area contributed by atoms with Gasteiger partial charge in [0, 0.05) is 5.02 Å². The van der Waals surface area contributed by atoms with E-state index in [0.717, 1.165) is 5.56 Å². The SMILES string of the molecule is Cc1cc(O)c(C(=O)CN)cc1Cl. The molecular formula is C9H10ClNO2. The molecule has 0 atom stereocenters. The van der Waals surface area contributed by atoms with Crippen molar-refractivity contribution in [1.82, 2.24) is 0 Å². The first-order chi connectivity index (χ1) is 6.06. The van der Waals surface area contributed by atoms with Crippen molar-refractivity contribution in [1.29, 1.82) is 0 Å². The summed E-state index contributed by atoms with van der Waals surface area (Å²) in [4.78, 5) is 11.2. The highest BCUT2D eigenvalue weighted by molar-refractivity contribution is 6.31. The highest BCUT2D eigenvalue weighted by Crippen LogP contribution is 2.25. The maximum Gasteiger partial charge on any atom is 0.180 e. The summed E-state index contributed by atoms with van der Waals surface area (Å²) in [6.45, 7) is 1.62. The van der Waals surface area contributed by atoms with Crippen LogP contribution in [0.4, 0.5) is 0 Å². The zero-order valence-electron chi connectivity index (χ0n) is 7.17. The van der Waals surface area contributed by atoms with Gasteiger partial charge in [-0.05, 0) is 24.6 Å². The van der Waals surface area contributed by atoms with Gasteiger partial charge in [0.15, 0.2) is 5.78 Å². The van der Waals surface area contributed by atoms with Gasteiger partial charge in [0.2, 0.25) is 0 Å². The molecule has 4 heteroatoms. The topological polar surface area (TPSA) is 63.3 Å². The van der Waals surface area contributed by atoms with Gasteiger partial charge in [-0.3, -0.25) is 4.79 Å². The number of benzene rings is 1. The highest BCUT2D eigenvalue weighted by atomic mass is 35.5. The van der Waals surface area contributed by atoms with Gasteiger partial charge in [0.1, 0.15) is 5.75 Å². The van der Waals surface area contributed by atoms with E-state index in [4.69, 9.17) is 17.3 Å². The van der Waals surface area contributed by atoms with Crippen LogP contribution < -0.4 is 5.73 Å². The summed E-state index contributed by atoms with van der Waals surface area (Å²) in [5.74, 6) is -0.392. The first-order valence-electron chi connectivity index (χ1n) is 3.78. The van der Waals surface area contributed by atoms with Gasteiger partial charge in [-0.25, -0.2) is 0 Å². The second-order valence-corrected chi connectivity index (χ2v) is 3.15. The molecule has 0 aliphatic rings. The molecule has 3 N–H and O–H groups in total. The number of hydrogen-bond donors (Lipinski definition) is 2. The van der Waals surface area contributed by atoms with Crippen molar-refractivity contribution in [2.75, 3.05) is 6.54 Å². The largest absolute Gasteiger partial charge is 0.507 e. The van der Waals surface area contributed by atoms with Gasteiger partial charge in [-0.1, -0.05) is 11.6 Å². The van der Waals surface area contributed by atoms with Crippen molar-refractivity contribution in [2.45, 2.75) is 6.92 Å². The number of rotatable bonds is 2. The van der Waals surface area contributed by atoms with Crippen LogP contribution in [-0.2, 0) is 0 Å². The second kappa shape index (κ2) is 3.77. The molecule has 0 heterocycles. The Bertz CT molecular complexity index is 350. The molecule has 0 amide bonds. The van der Waals surface area contributed by atoms with E-state index in [1.807, 2.05) is 0 Å². The normalized spacial score (nSPS) is 10.1. The molecular weight excluding hydrogens is 190 g/mol. The molecule has 3 nitrogen and oxygen atoms in total. The molecule has 0 saturated carbocycles. The lowest BCUT2D eigenvalue weighted by atomic mass is 10.1. The molecule has 0 aromatic heterocycles. The Kier molecular flexibility index (Phi) is 2.90. The van der Waals surface area contributed by atoms with E-state index in [1.165, 1.54) is 12.1 Å². The number of halogens is 1. The summed E-state index contributed by atoms with van der Waals surface area (Å²) >= 11 is 5.78. The number of phenols is 1. The fourth-order valence-corrected chi connectivity index (χ4v) is 1.16. The summed E-state index contributed by atoms with van der Waals surface area (Å²) < 4.78 is 0. The fourth-order valence-electron chi connectivity index (χ4n) is 1.000. The number of ketones is 1. The third-order valence-corrected chi connectivity index (χ3v) is 2.17. The van der Waals surface area contributed by atoms with Crippen LogP contribution in [-0.4, -0.2) is 17.4 Å². The first kappa shape index (κ1) is 10.0. The molecule has 0 aliphatic heterocycles. The number of hydrogen-bond acceptors (Lipinski definition) is 3. The molecule has 13 heavy (non-hydrogen) atoms. The van der Waals surface area contributed by atoms with E-state index in [1.54, 1.807) is 6.92 Å². The minimum atomic E-state index is -0.320. The number of carbonyl (C=O) groups is 1. The van der Waals surface area contributed by atoms with Crippen molar-refractivity contribution in [3.05, 3.63) is 28.3 Å². The van der Waals surface area contributed by atoms with E-state index >= 15 is 0 Å². The summed E-state index contributed by atoms with van der Waals surface area (Å²) in [5, 5.41) is 9.84. The van der Waals surface area contributed by atoms with Gasteiger partial charge in [0.05, 0.1) is 12.1 Å². The van der Waals surface area contributed by atoms with Crippen LogP contribution in [0.15, 0.2) is 12.1 Å². The molecule has 1 rings (SSSR count). The summed E-state index contributed by atoms with van der Waals surface area (Å²) in [7, 11) is 0. The maximum absolute atomic E-state index is 11.2. The van der Waals surface area contributed by atoms with Gasteiger partial charge in [-0.2, -0.15) is 0 Å². The van der Waals surface area contributed by atoms with Crippen LogP contribution in [0, 0.1) is 6.92 Å². The van der Waals surface area contributed by atoms with Crippen LogP contribution in [0.3, 0.4) is 0 Å². The monoisotopic (exact) mass is 199 g/mol. The number of aromatic hydroxyl groups is 1. The Balaban J connectivity index is 3.23. The van der Waals surface area contributed by atoms with Crippen molar-refractivity contribution in [3.8, 4) is 5.75 Å².